The van der Waals surface area contributed by atoms with E-state index in [1.165, 1.54) is 29.1 Å². The molecule has 0 spiro atoms. The van der Waals surface area contributed by atoms with Crippen LogP contribution in [0.1, 0.15) is 37.1 Å². The highest BCUT2D eigenvalue weighted by atomic mass is 16.5. The van der Waals surface area contributed by atoms with Crippen molar-refractivity contribution in [2.75, 3.05) is 12.4 Å². The fraction of sp³-hybridized carbons (Fsp3) is 0.360. The van der Waals surface area contributed by atoms with Crippen molar-refractivity contribution in [1.29, 1.82) is 0 Å². The molecule has 8 heteroatoms. The lowest BCUT2D eigenvalue weighted by molar-refractivity contribution is -0.116. The summed E-state index contributed by atoms with van der Waals surface area (Å²) >= 11 is 0. The number of carbonyl (C=O) groups excluding carboxylic acids is 1. The van der Waals surface area contributed by atoms with Crippen molar-refractivity contribution in [1.82, 2.24) is 14.5 Å². The number of furan rings is 1. The Labute approximate surface area is 190 Å². The van der Waals surface area contributed by atoms with Gasteiger partial charge in [0.05, 0.1) is 24.5 Å². The smallest absolute Gasteiger partial charge is 0.297 e. The number of carbonyl (C=O) groups is 1. The average molecular weight is 447 g/mol. The number of fused-ring (bicyclic) bond motifs is 5. The minimum atomic E-state index is -0.398. The third-order valence-electron chi connectivity index (χ3n) is 6.05. The third-order valence-corrected chi connectivity index (χ3v) is 6.05. The Morgan fingerprint density at radius 3 is 2.82 bits per heavy atom. The molecule has 0 saturated heterocycles. The van der Waals surface area contributed by atoms with E-state index in [0.717, 1.165) is 36.8 Å². The predicted molar refractivity (Wildman–Crippen MR) is 126 cm³/mol. The van der Waals surface area contributed by atoms with Crippen LogP contribution in [0.25, 0.3) is 22.2 Å². The molecule has 1 aromatic carbocycles. The number of methoxy groups -OCH3 is 1. The van der Waals surface area contributed by atoms with Gasteiger partial charge in [0, 0.05) is 5.69 Å². The molecular formula is C25H26N4O4. The number of hydrogen-bond acceptors (Lipinski definition) is 6. The number of pyridine rings is 1. The molecule has 0 atom stereocenters. The van der Waals surface area contributed by atoms with Gasteiger partial charge in [-0.15, -0.1) is 0 Å². The lowest BCUT2D eigenvalue weighted by atomic mass is 9.99. The molecule has 1 aliphatic carbocycles. The van der Waals surface area contributed by atoms with E-state index >= 15 is 0 Å². The molecule has 0 unspecified atom stereocenters. The second-order valence-electron chi connectivity index (χ2n) is 8.85. The van der Waals surface area contributed by atoms with Crippen molar-refractivity contribution in [3.63, 3.8) is 0 Å². The average Bonchev–Trinajstić information content (AvgIpc) is 3.41. The summed E-state index contributed by atoms with van der Waals surface area (Å²) < 4.78 is 12.5. The van der Waals surface area contributed by atoms with Gasteiger partial charge >= 0.3 is 0 Å². The maximum absolute atomic E-state index is 13.2. The van der Waals surface area contributed by atoms with E-state index < -0.39 is 5.56 Å². The molecule has 3 aromatic heterocycles. The summed E-state index contributed by atoms with van der Waals surface area (Å²) in [4.78, 5) is 35.1. The van der Waals surface area contributed by atoms with E-state index in [-0.39, 0.29) is 18.0 Å². The standard InChI is InChI=1S/C25H26N4O4/c1-14(2)11-18-15-7-6-8-16(15)21-22-23(33-24(21)28-18)25(31)29(13-26-22)12-20(30)27-17-9-4-5-10-19(17)32-3/h4-5,9-10,13-14H,6-8,11-12H2,1-3H3,(H,27,30). The number of amides is 1. The molecule has 170 valence electrons. The van der Waals surface area contributed by atoms with Crippen molar-refractivity contribution >= 4 is 33.8 Å². The van der Waals surface area contributed by atoms with Gasteiger partial charge in [-0.2, -0.15) is 0 Å². The molecule has 8 nitrogen and oxygen atoms in total. The zero-order valence-electron chi connectivity index (χ0n) is 19.0. The summed E-state index contributed by atoms with van der Waals surface area (Å²) in [5.41, 5.74) is 4.80. The van der Waals surface area contributed by atoms with Crippen LogP contribution in [-0.4, -0.2) is 27.6 Å². The number of para-hydroxylation sites is 2. The van der Waals surface area contributed by atoms with Crippen LogP contribution in [0.15, 0.2) is 39.8 Å². The predicted octanol–water partition coefficient (Wildman–Crippen LogP) is 3.87. The minimum absolute atomic E-state index is 0.140. The van der Waals surface area contributed by atoms with Crippen LogP contribution in [0.3, 0.4) is 0 Å². The highest BCUT2D eigenvalue weighted by Crippen LogP contribution is 2.36. The number of benzene rings is 1. The maximum atomic E-state index is 13.2. The van der Waals surface area contributed by atoms with Crippen molar-refractivity contribution in [2.24, 2.45) is 5.92 Å². The van der Waals surface area contributed by atoms with Gasteiger partial charge in [0.15, 0.2) is 0 Å². The van der Waals surface area contributed by atoms with Crippen molar-refractivity contribution in [3.8, 4) is 5.75 Å². The number of anilines is 1. The molecular weight excluding hydrogens is 420 g/mol. The third kappa shape index (κ3) is 3.75. The Kier molecular flexibility index (Phi) is 5.36. The molecule has 0 bridgehead atoms. The van der Waals surface area contributed by atoms with Crippen LogP contribution in [0, 0.1) is 5.92 Å². The molecule has 4 aromatic rings. The van der Waals surface area contributed by atoms with E-state index in [2.05, 4.69) is 24.1 Å². The van der Waals surface area contributed by atoms with E-state index in [4.69, 9.17) is 14.1 Å². The number of rotatable bonds is 6. The van der Waals surface area contributed by atoms with Crippen LogP contribution in [0.2, 0.25) is 0 Å². The minimum Gasteiger partial charge on any atom is -0.495 e. The summed E-state index contributed by atoms with van der Waals surface area (Å²) in [6.45, 7) is 4.14. The molecule has 0 saturated carbocycles. The monoisotopic (exact) mass is 446 g/mol. The number of aromatic nitrogens is 3. The van der Waals surface area contributed by atoms with Gasteiger partial charge in [0.2, 0.25) is 17.2 Å². The number of hydrogen-bond donors (Lipinski definition) is 1. The van der Waals surface area contributed by atoms with E-state index in [1.54, 1.807) is 18.2 Å². The van der Waals surface area contributed by atoms with E-state index in [0.29, 0.717) is 28.6 Å². The van der Waals surface area contributed by atoms with E-state index in [9.17, 15) is 9.59 Å². The highest BCUT2D eigenvalue weighted by molar-refractivity contribution is 6.03. The van der Waals surface area contributed by atoms with Gasteiger partial charge < -0.3 is 14.5 Å². The Balaban J connectivity index is 1.52. The molecule has 1 N–H and O–H groups in total. The van der Waals surface area contributed by atoms with Crippen LogP contribution >= 0.6 is 0 Å². The summed E-state index contributed by atoms with van der Waals surface area (Å²) in [5, 5.41) is 3.62. The summed E-state index contributed by atoms with van der Waals surface area (Å²) in [6, 6.07) is 7.10. The van der Waals surface area contributed by atoms with Gasteiger partial charge in [-0.1, -0.05) is 26.0 Å². The normalized spacial score (nSPS) is 13.1. The van der Waals surface area contributed by atoms with Gasteiger partial charge in [-0.25, -0.2) is 9.97 Å². The molecule has 33 heavy (non-hydrogen) atoms. The second-order valence-corrected chi connectivity index (χ2v) is 8.85. The lowest BCUT2D eigenvalue weighted by Gasteiger charge is -2.10. The Bertz CT molecular complexity index is 1430. The molecule has 5 rings (SSSR count). The molecule has 0 fully saturated rings. The Morgan fingerprint density at radius 2 is 2.03 bits per heavy atom. The number of ether oxygens (including phenoxy) is 1. The quantitative estimate of drug-likeness (QED) is 0.483. The summed E-state index contributed by atoms with van der Waals surface area (Å²) in [6.07, 6.45) is 5.27. The zero-order chi connectivity index (χ0) is 23.1. The molecule has 3 heterocycles. The second kappa shape index (κ2) is 8.35. The largest absolute Gasteiger partial charge is 0.495 e. The number of aryl methyl sites for hydroxylation is 1. The number of nitrogens with one attached hydrogen (secondary N) is 1. The van der Waals surface area contributed by atoms with Crippen molar-refractivity contribution in [2.45, 2.75) is 46.1 Å². The van der Waals surface area contributed by atoms with Gasteiger partial charge in [0.25, 0.3) is 5.56 Å². The van der Waals surface area contributed by atoms with Crippen molar-refractivity contribution < 1.29 is 13.9 Å². The highest BCUT2D eigenvalue weighted by Gasteiger charge is 2.26. The van der Waals surface area contributed by atoms with Crippen LogP contribution < -0.4 is 15.6 Å². The number of nitrogens with zero attached hydrogens (tertiary/aromatic N) is 3. The lowest BCUT2D eigenvalue weighted by Crippen LogP contribution is -2.27. The Hall–Kier alpha value is -3.68. The summed E-state index contributed by atoms with van der Waals surface area (Å²) in [5.74, 6) is 0.652. The van der Waals surface area contributed by atoms with Crippen molar-refractivity contribution in [3.05, 3.63) is 57.8 Å². The SMILES string of the molecule is COc1ccccc1NC(=O)Cn1cnc2c(oc3nc(CC(C)C)c4c(c32)CCC4)c1=O. The molecule has 0 aliphatic heterocycles. The Morgan fingerprint density at radius 1 is 1.24 bits per heavy atom. The van der Waals surface area contributed by atoms with Crippen LogP contribution in [0.5, 0.6) is 5.75 Å². The van der Waals surface area contributed by atoms with Crippen LogP contribution in [-0.2, 0) is 30.6 Å². The maximum Gasteiger partial charge on any atom is 0.297 e. The molecule has 0 radical (unpaired) electrons. The fourth-order valence-corrected chi connectivity index (χ4v) is 4.63. The van der Waals surface area contributed by atoms with Crippen LogP contribution in [0.4, 0.5) is 5.69 Å². The molecule has 1 amide bonds. The first-order valence-electron chi connectivity index (χ1n) is 11.2. The van der Waals surface area contributed by atoms with E-state index in [1.807, 2.05) is 6.07 Å². The fourth-order valence-electron chi connectivity index (χ4n) is 4.63. The molecule has 1 aliphatic rings. The first kappa shape index (κ1) is 21.2. The topological polar surface area (TPSA) is 99.2 Å². The summed E-state index contributed by atoms with van der Waals surface area (Å²) in [7, 11) is 1.53. The first-order chi connectivity index (χ1) is 16.0. The van der Waals surface area contributed by atoms with Gasteiger partial charge in [-0.3, -0.25) is 14.2 Å². The first-order valence-corrected chi connectivity index (χ1v) is 11.2. The van der Waals surface area contributed by atoms with Gasteiger partial charge in [-0.05, 0) is 54.9 Å². The zero-order valence-corrected chi connectivity index (χ0v) is 19.0. The van der Waals surface area contributed by atoms with Gasteiger partial charge in [0.1, 0.15) is 17.8 Å².